The molecule has 1 aliphatic carbocycles. The highest BCUT2D eigenvalue weighted by Gasteiger charge is 2.19. The molecule has 25 heavy (non-hydrogen) atoms. The van der Waals surface area contributed by atoms with E-state index in [1.165, 1.54) is 0 Å². The molecule has 1 saturated carbocycles. The molecule has 0 aliphatic heterocycles. The van der Waals surface area contributed by atoms with Gasteiger partial charge in [0.2, 0.25) is 0 Å². The number of hydrogen-bond acceptors (Lipinski definition) is 4. The molecule has 0 spiro atoms. The summed E-state index contributed by atoms with van der Waals surface area (Å²) in [6.07, 6.45) is 5.83. The van der Waals surface area contributed by atoms with E-state index in [1.54, 1.807) is 12.1 Å². The van der Waals surface area contributed by atoms with Crippen LogP contribution in [0, 0.1) is 14.9 Å². The van der Waals surface area contributed by atoms with Crippen molar-refractivity contribution in [3.63, 3.8) is 0 Å². The van der Waals surface area contributed by atoms with Gasteiger partial charge in [0.05, 0.1) is 16.8 Å². The zero-order valence-electron chi connectivity index (χ0n) is 14.6. The molecule has 1 fully saturated rings. The Hall–Kier alpha value is -1.75. The number of benzene rings is 1. The molecule has 0 unspecified atom stereocenters. The number of nitrogens with one attached hydrogen (secondary N) is 1. The van der Waals surface area contributed by atoms with Crippen molar-refractivity contribution >= 4 is 34.6 Å². The highest BCUT2D eigenvalue weighted by Crippen LogP contribution is 2.35. The Bertz CT molecular complexity index is 689. The molecule has 1 aromatic carbocycles. The Morgan fingerprint density at radius 2 is 2.00 bits per heavy atom. The van der Waals surface area contributed by atoms with Gasteiger partial charge in [-0.15, -0.1) is 0 Å². The highest BCUT2D eigenvalue weighted by atomic mass is 127. The highest BCUT2D eigenvalue weighted by molar-refractivity contribution is 14.1. The summed E-state index contributed by atoms with van der Waals surface area (Å²) >= 11 is 2.17. The maximum absolute atomic E-state index is 12.3. The predicted octanol–water partition coefficient (Wildman–Crippen LogP) is 4.05. The third kappa shape index (κ3) is 5.36. The Morgan fingerprint density at radius 1 is 1.32 bits per heavy atom. The minimum Gasteiger partial charge on any atom is -0.490 e. The van der Waals surface area contributed by atoms with E-state index < -0.39 is 0 Å². The van der Waals surface area contributed by atoms with Crippen LogP contribution in [0.5, 0.6) is 11.5 Å². The van der Waals surface area contributed by atoms with Crippen LogP contribution in [0.3, 0.4) is 0 Å². The lowest BCUT2D eigenvalue weighted by Crippen LogP contribution is -2.33. The van der Waals surface area contributed by atoms with E-state index in [-0.39, 0.29) is 17.5 Å². The molecule has 2 rings (SSSR count). The van der Waals surface area contributed by atoms with Crippen LogP contribution in [0.2, 0.25) is 0 Å². The first-order chi connectivity index (χ1) is 12.1. The fourth-order valence-electron chi connectivity index (χ4n) is 2.87. The van der Waals surface area contributed by atoms with Crippen LogP contribution in [0.25, 0.3) is 6.08 Å². The van der Waals surface area contributed by atoms with E-state index in [9.17, 15) is 10.1 Å². The number of amides is 1. The first kappa shape index (κ1) is 19.6. The molecule has 1 N–H and O–H groups in total. The van der Waals surface area contributed by atoms with Gasteiger partial charge in [-0.2, -0.15) is 5.26 Å². The summed E-state index contributed by atoms with van der Waals surface area (Å²) in [4.78, 5) is 12.3. The van der Waals surface area contributed by atoms with Gasteiger partial charge in [0.15, 0.2) is 11.5 Å². The van der Waals surface area contributed by atoms with E-state index in [0.717, 1.165) is 34.8 Å². The average molecular weight is 454 g/mol. The lowest BCUT2D eigenvalue weighted by Gasteiger charge is -2.14. The molecule has 1 aromatic rings. The van der Waals surface area contributed by atoms with Crippen molar-refractivity contribution in [3.8, 4) is 17.6 Å². The lowest BCUT2D eigenvalue weighted by atomic mass is 10.1. The molecule has 1 aliphatic rings. The zero-order valence-corrected chi connectivity index (χ0v) is 16.8. The van der Waals surface area contributed by atoms with E-state index in [0.29, 0.717) is 24.7 Å². The number of ether oxygens (including phenoxy) is 2. The largest absolute Gasteiger partial charge is 0.490 e. The van der Waals surface area contributed by atoms with Gasteiger partial charge in [-0.25, -0.2) is 0 Å². The van der Waals surface area contributed by atoms with Gasteiger partial charge in [-0.1, -0.05) is 12.8 Å². The lowest BCUT2D eigenvalue weighted by molar-refractivity contribution is -0.117. The Morgan fingerprint density at radius 3 is 2.60 bits per heavy atom. The van der Waals surface area contributed by atoms with Crippen molar-refractivity contribution in [2.75, 3.05) is 13.2 Å². The van der Waals surface area contributed by atoms with Crippen LogP contribution < -0.4 is 14.8 Å². The van der Waals surface area contributed by atoms with E-state index in [2.05, 4.69) is 27.9 Å². The number of halogens is 1. The maximum atomic E-state index is 12.3. The molecule has 0 aromatic heterocycles. The average Bonchev–Trinajstić information content (AvgIpc) is 3.09. The van der Waals surface area contributed by atoms with Crippen molar-refractivity contribution in [3.05, 3.63) is 26.8 Å². The summed E-state index contributed by atoms with van der Waals surface area (Å²) in [5.74, 6) is 1.00. The molecule has 0 radical (unpaired) electrons. The SMILES string of the molecule is CCOc1cc(/C=C(/C#N)C(=O)NC2CCCC2)cc(I)c1OCC. The van der Waals surface area contributed by atoms with Gasteiger partial charge in [0.25, 0.3) is 5.91 Å². The second-order valence-corrected chi connectivity index (χ2v) is 6.98. The quantitative estimate of drug-likeness (QED) is 0.383. The third-order valence-corrected chi connectivity index (χ3v) is 4.79. The molecule has 0 heterocycles. The van der Waals surface area contributed by atoms with Crippen LogP contribution in [-0.4, -0.2) is 25.2 Å². The topological polar surface area (TPSA) is 71.3 Å². The second kappa shape index (κ2) is 9.66. The number of hydrogen-bond donors (Lipinski definition) is 1. The van der Waals surface area contributed by atoms with Crippen LogP contribution in [0.1, 0.15) is 45.1 Å². The maximum Gasteiger partial charge on any atom is 0.262 e. The van der Waals surface area contributed by atoms with Crippen molar-refractivity contribution in [2.45, 2.75) is 45.6 Å². The molecule has 1 amide bonds. The zero-order chi connectivity index (χ0) is 18.2. The number of nitriles is 1. The summed E-state index contributed by atoms with van der Waals surface area (Å²) in [6.45, 7) is 4.87. The summed E-state index contributed by atoms with van der Waals surface area (Å²) in [7, 11) is 0. The van der Waals surface area contributed by atoms with Crippen LogP contribution in [0.4, 0.5) is 0 Å². The van der Waals surface area contributed by atoms with E-state index in [1.807, 2.05) is 26.0 Å². The second-order valence-electron chi connectivity index (χ2n) is 5.82. The van der Waals surface area contributed by atoms with Gasteiger partial charge < -0.3 is 14.8 Å². The molecule has 6 heteroatoms. The standard InChI is InChI=1S/C19H23IN2O3/c1-3-24-17-11-13(10-16(20)18(17)25-4-2)9-14(12-21)19(23)22-15-7-5-6-8-15/h9-11,15H,3-8H2,1-2H3,(H,22,23)/b14-9-. The molecule has 0 saturated heterocycles. The minimum absolute atomic E-state index is 0.106. The fraction of sp³-hybridized carbons (Fsp3) is 0.474. The first-order valence-electron chi connectivity index (χ1n) is 8.60. The normalized spacial score (nSPS) is 14.9. The Balaban J connectivity index is 2.26. The molecular formula is C19H23IN2O3. The molecule has 0 atom stereocenters. The summed E-state index contributed by atoms with van der Waals surface area (Å²) in [5, 5.41) is 12.3. The van der Waals surface area contributed by atoms with Gasteiger partial charge in [-0.05, 0) is 73.1 Å². The van der Waals surface area contributed by atoms with Gasteiger partial charge in [0.1, 0.15) is 11.6 Å². The number of carbonyl (C=O) groups excluding carboxylic acids is 1. The Kier molecular flexibility index (Phi) is 7.56. The van der Waals surface area contributed by atoms with Gasteiger partial charge in [0, 0.05) is 6.04 Å². The molecule has 0 bridgehead atoms. The van der Waals surface area contributed by atoms with Crippen LogP contribution in [-0.2, 0) is 4.79 Å². The first-order valence-corrected chi connectivity index (χ1v) is 9.68. The van der Waals surface area contributed by atoms with Crippen molar-refractivity contribution in [1.29, 1.82) is 5.26 Å². The van der Waals surface area contributed by atoms with Gasteiger partial charge in [-0.3, -0.25) is 4.79 Å². The van der Waals surface area contributed by atoms with E-state index in [4.69, 9.17) is 9.47 Å². The van der Waals surface area contributed by atoms with Crippen molar-refractivity contribution < 1.29 is 14.3 Å². The van der Waals surface area contributed by atoms with Crippen molar-refractivity contribution in [2.24, 2.45) is 0 Å². The summed E-state index contributed by atoms with van der Waals surface area (Å²) in [5.41, 5.74) is 0.851. The fourth-order valence-corrected chi connectivity index (χ4v) is 3.65. The minimum atomic E-state index is -0.309. The molecule has 134 valence electrons. The predicted molar refractivity (Wildman–Crippen MR) is 105 cm³/mol. The van der Waals surface area contributed by atoms with Crippen molar-refractivity contribution in [1.82, 2.24) is 5.32 Å². The third-order valence-electron chi connectivity index (χ3n) is 3.99. The summed E-state index contributed by atoms with van der Waals surface area (Å²) in [6, 6.07) is 5.88. The van der Waals surface area contributed by atoms with Crippen LogP contribution >= 0.6 is 22.6 Å². The Labute approximate surface area is 162 Å². The monoisotopic (exact) mass is 454 g/mol. The van der Waals surface area contributed by atoms with Crippen LogP contribution in [0.15, 0.2) is 17.7 Å². The number of carbonyl (C=O) groups is 1. The van der Waals surface area contributed by atoms with E-state index >= 15 is 0 Å². The molecule has 5 nitrogen and oxygen atoms in total. The molecular weight excluding hydrogens is 431 g/mol. The smallest absolute Gasteiger partial charge is 0.262 e. The number of nitrogens with zero attached hydrogens (tertiary/aromatic N) is 1. The summed E-state index contributed by atoms with van der Waals surface area (Å²) < 4.78 is 12.2. The van der Waals surface area contributed by atoms with Gasteiger partial charge >= 0.3 is 0 Å². The number of rotatable bonds is 7.